The van der Waals surface area contributed by atoms with Gasteiger partial charge in [0.2, 0.25) is 0 Å². The number of aromatic nitrogens is 1. The Morgan fingerprint density at radius 2 is 2.00 bits per heavy atom. The molecule has 1 heterocycles. The first-order valence-electron chi connectivity index (χ1n) is 6.45. The van der Waals surface area contributed by atoms with Crippen LogP contribution in [0.15, 0.2) is 0 Å². The number of hydrogen-bond donors (Lipinski definition) is 1. The van der Waals surface area contributed by atoms with E-state index in [0.29, 0.717) is 11.4 Å². The average molecular weight is 249 g/mol. The number of ether oxygens (including phenoxy) is 1. The van der Waals surface area contributed by atoms with E-state index in [-0.39, 0.29) is 6.10 Å². The SMILES string of the molecule is Cc1c(C#N)c(N)n(CCCCOC(C)C)c1C. The van der Waals surface area contributed by atoms with Crippen molar-refractivity contribution >= 4 is 5.82 Å². The van der Waals surface area contributed by atoms with Gasteiger partial charge in [-0.05, 0) is 46.1 Å². The molecular weight excluding hydrogens is 226 g/mol. The molecule has 0 aliphatic carbocycles. The lowest BCUT2D eigenvalue weighted by molar-refractivity contribution is 0.0754. The van der Waals surface area contributed by atoms with E-state index in [1.54, 1.807) is 0 Å². The van der Waals surface area contributed by atoms with Gasteiger partial charge >= 0.3 is 0 Å². The van der Waals surface area contributed by atoms with Crippen LogP contribution in [0.3, 0.4) is 0 Å². The molecule has 0 radical (unpaired) electrons. The van der Waals surface area contributed by atoms with Gasteiger partial charge in [-0.3, -0.25) is 0 Å². The predicted octanol–water partition coefficient (Wildman–Crippen LogP) is 2.76. The highest BCUT2D eigenvalue weighted by atomic mass is 16.5. The standard InChI is InChI=1S/C14H23N3O/c1-10(2)18-8-6-5-7-17-12(4)11(3)13(9-15)14(17)16/h10H,5-8,16H2,1-4H3. The summed E-state index contributed by atoms with van der Waals surface area (Å²) in [7, 11) is 0. The van der Waals surface area contributed by atoms with E-state index >= 15 is 0 Å². The third-order valence-electron chi connectivity index (χ3n) is 3.21. The average Bonchev–Trinajstić information content (AvgIpc) is 2.51. The Morgan fingerprint density at radius 3 is 2.50 bits per heavy atom. The number of nitrogens with two attached hydrogens (primary N) is 1. The highest BCUT2D eigenvalue weighted by Crippen LogP contribution is 2.23. The molecule has 0 aliphatic rings. The first-order valence-corrected chi connectivity index (χ1v) is 6.45. The van der Waals surface area contributed by atoms with Crippen molar-refractivity contribution in [1.82, 2.24) is 4.57 Å². The Morgan fingerprint density at radius 1 is 1.33 bits per heavy atom. The number of unbranched alkanes of at least 4 members (excludes halogenated alkanes) is 1. The maximum Gasteiger partial charge on any atom is 0.122 e. The van der Waals surface area contributed by atoms with Crippen molar-refractivity contribution in [2.75, 3.05) is 12.3 Å². The molecule has 1 aromatic heterocycles. The second kappa shape index (κ2) is 6.46. The first-order chi connectivity index (χ1) is 8.49. The number of nitriles is 1. The molecule has 0 saturated heterocycles. The summed E-state index contributed by atoms with van der Waals surface area (Å²) in [6, 6.07) is 2.17. The molecule has 4 heteroatoms. The maximum absolute atomic E-state index is 9.04. The summed E-state index contributed by atoms with van der Waals surface area (Å²) in [6.45, 7) is 9.66. The molecule has 2 N–H and O–H groups in total. The molecule has 0 aromatic carbocycles. The van der Waals surface area contributed by atoms with Crippen molar-refractivity contribution in [3.05, 3.63) is 16.8 Å². The normalized spacial score (nSPS) is 10.9. The molecule has 0 fully saturated rings. The molecule has 100 valence electrons. The van der Waals surface area contributed by atoms with Gasteiger partial charge in [-0.2, -0.15) is 5.26 Å². The molecule has 18 heavy (non-hydrogen) atoms. The largest absolute Gasteiger partial charge is 0.384 e. The molecule has 0 aliphatic heterocycles. The van der Waals surface area contributed by atoms with E-state index in [1.807, 2.05) is 32.3 Å². The van der Waals surface area contributed by atoms with E-state index < -0.39 is 0 Å². The Balaban J connectivity index is 2.56. The number of rotatable bonds is 6. The van der Waals surface area contributed by atoms with E-state index in [4.69, 9.17) is 15.7 Å². The minimum Gasteiger partial charge on any atom is -0.384 e. The van der Waals surface area contributed by atoms with E-state index in [9.17, 15) is 0 Å². The van der Waals surface area contributed by atoms with Gasteiger partial charge in [0.25, 0.3) is 0 Å². The second-order valence-electron chi connectivity index (χ2n) is 4.86. The molecule has 0 spiro atoms. The van der Waals surface area contributed by atoms with Gasteiger partial charge in [0.15, 0.2) is 0 Å². The topological polar surface area (TPSA) is 64.0 Å². The van der Waals surface area contributed by atoms with Crippen molar-refractivity contribution in [3.63, 3.8) is 0 Å². The smallest absolute Gasteiger partial charge is 0.122 e. The van der Waals surface area contributed by atoms with Gasteiger partial charge < -0.3 is 15.0 Å². The molecule has 0 amide bonds. The molecule has 0 bridgehead atoms. The van der Waals surface area contributed by atoms with Crippen molar-refractivity contribution in [3.8, 4) is 6.07 Å². The van der Waals surface area contributed by atoms with Crippen LogP contribution in [-0.4, -0.2) is 17.3 Å². The van der Waals surface area contributed by atoms with Gasteiger partial charge in [0, 0.05) is 18.8 Å². The highest BCUT2D eigenvalue weighted by molar-refractivity contribution is 5.57. The minimum atomic E-state index is 0.288. The molecule has 1 rings (SSSR count). The first kappa shape index (κ1) is 14.6. The summed E-state index contributed by atoms with van der Waals surface area (Å²) >= 11 is 0. The van der Waals surface area contributed by atoms with Crippen LogP contribution < -0.4 is 5.73 Å². The van der Waals surface area contributed by atoms with Gasteiger partial charge in [-0.25, -0.2) is 0 Å². The Kier molecular flexibility index (Phi) is 5.24. The zero-order valence-electron chi connectivity index (χ0n) is 11.8. The number of anilines is 1. The van der Waals surface area contributed by atoms with E-state index in [1.165, 1.54) is 0 Å². The van der Waals surface area contributed by atoms with Crippen LogP contribution in [0.2, 0.25) is 0 Å². The lowest BCUT2D eigenvalue weighted by Crippen LogP contribution is -2.08. The van der Waals surface area contributed by atoms with Gasteiger partial charge in [0.05, 0.1) is 11.7 Å². The summed E-state index contributed by atoms with van der Waals surface area (Å²) < 4.78 is 7.53. The van der Waals surface area contributed by atoms with E-state index in [0.717, 1.165) is 37.3 Å². The highest BCUT2D eigenvalue weighted by Gasteiger charge is 2.14. The van der Waals surface area contributed by atoms with Crippen molar-refractivity contribution in [1.29, 1.82) is 5.26 Å². The fourth-order valence-corrected chi connectivity index (χ4v) is 2.01. The van der Waals surface area contributed by atoms with Gasteiger partial charge in [-0.1, -0.05) is 0 Å². The summed E-state index contributed by atoms with van der Waals surface area (Å²) in [5.41, 5.74) is 8.69. The van der Waals surface area contributed by atoms with Crippen LogP contribution in [0.1, 0.15) is 43.5 Å². The van der Waals surface area contributed by atoms with Crippen LogP contribution in [0.5, 0.6) is 0 Å². The number of nitrogens with zero attached hydrogens (tertiary/aromatic N) is 2. The number of nitrogen functional groups attached to an aromatic ring is 1. The zero-order chi connectivity index (χ0) is 13.7. The van der Waals surface area contributed by atoms with Crippen molar-refractivity contribution in [2.45, 2.75) is 53.2 Å². The Hall–Kier alpha value is -1.47. The Bertz CT molecular complexity index is 441. The van der Waals surface area contributed by atoms with Crippen molar-refractivity contribution in [2.24, 2.45) is 0 Å². The molecule has 4 nitrogen and oxygen atoms in total. The minimum absolute atomic E-state index is 0.288. The van der Waals surface area contributed by atoms with Crippen LogP contribution in [-0.2, 0) is 11.3 Å². The quantitative estimate of drug-likeness (QED) is 0.788. The fraction of sp³-hybridized carbons (Fsp3) is 0.643. The molecule has 1 aromatic rings. The van der Waals surface area contributed by atoms with Crippen LogP contribution in [0.25, 0.3) is 0 Å². The summed E-state index contributed by atoms with van der Waals surface area (Å²) in [6.07, 6.45) is 2.31. The second-order valence-corrected chi connectivity index (χ2v) is 4.86. The lowest BCUT2D eigenvalue weighted by atomic mass is 10.2. The molecule has 0 unspecified atom stereocenters. The van der Waals surface area contributed by atoms with Crippen LogP contribution in [0.4, 0.5) is 5.82 Å². The molecule has 0 saturated carbocycles. The zero-order valence-corrected chi connectivity index (χ0v) is 11.8. The molecular formula is C14H23N3O. The van der Waals surface area contributed by atoms with Crippen LogP contribution >= 0.6 is 0 Å². The third kappa shape index (κ3) is 3.27. The monoisotopic (exact) mass is 249 g/mol. The molecule has 0 atom stereocenters. The van der Waals surface area contributed by atoms with Gasteiger partial charge in [0.1, 0.15) is 11.9 Å². The Labute approximate surface area is 109 Å². The summed E-state index contributed by atoms with van der Waals surface area (Å²) in [5, 5.41) is 9.04. The fourth-order valence-electron chi connectivity index (χ4n) is 2.01. The van der Waals surface area contributed by atoms with Gasteiger partial charge in [-0.15, -0.1) is 0 Å². The van der Waals surface area contributed by atoms with E-state index in [2.05, 4.69) is 6.07 Å². The summed E-state index contributed by atoms with van der Waals surface area (Å²) in [5.74, 6) is 0.595. The predicted molar refractivity (Wildman–Crippen MR) is 73.4 cm³/mol. The summed E-state index contributed by atoms with van der Waals surface area (Å²) in [4.78, 5) is 0. The third-order valence-corrected chi connectivity index (χ3v) is 3.21. The van der Waals surface area contributed by atoms with Crippen LogP contribution in [0, 0.1) is 25.2 Å². The number of hydrogen-bond acceptors (Lipinski definition) is 3. The lowest BCUT2D eigenvalue weighted by Gasteiger charge is -2.10. The maximum atomic E-state index is 9.04. The van der Waals surface area contributed by atoms with Crippen molar-refractivity contribution < 1.29 is 4.74 Å².